The maximum absolute atomic E-state index is 12.2. The molecule has 1 aromatic heterocycles. The number of methoxy groups -OCH3 is 1. The molecule has 0 spiro atoms. The first-order valence-electron chi connectivity index (χ1n) is 8.62. The van der Waals surface area contributed by atoms with Crippen molar-refractivity contribution in [1.82, 2.24) is 4.98 Å². The molecular weight excluding hydrogens is 392 g/mol. The van der Waals surface area contributed by atoms with Crippen molar-refractivity contribution < 1.29 is 19.4 Å². The number of ether oxygens (including phenoxy) is 2. The van der Waals surface area contributed by atoms with Gasteiger partial charge in [0.25, 0.3) is 0 Å². The Bertz CT molecular complexity index is 978. The van der Waals surface area contributed by atoms with Gasteiger partial charge in [-0.05, 0) is 53.6 Å². The van der Waals surface area contributed by atoms with Gasteiger partial charge in [-0.3, -0.25) is 9.78 Å². The number of hydrogen-bond donors (Lipinski definition) is 2. The van der Waals surface area contributed by atoms with Gasteiger partial charge in [0.1, 0.15) is 12.4 Å². The number of hydrogen-bond acceptors (Lipinski definition) is 5. The zero-order valence-electron chi connectivity index (χ0n) is 15.7. The van der Waals surface area contributed by atoms with Crippen LogP contribution in [0.25, 0.3) is 6.08 Å². The number of halogens is 1. The number of carbonyl (C=O) groups is 1. The zero-order chi connectivity index (χ0) is 19.8. The average molecular weight is 413 g/mol. The molecule has 0 unspecified atom stereocenters. The summed E-state index contributed by atoms with van der Waals surface area (Å²) < 4.78 is 10.7. The van der Waals surface area contributed by atoms with Crippen LogP contribution in [0.1, 0.15) is 11.1 Å². The van der Waals surface area contributed by atoms with E-state index < -0.39 is 0 Å². The van der Waals surface area contributed by atoms with Crippen LogP contribution in [0.2, 0.25) is 0 Å². The van der Waals surface area contributed by atoms with Gasteiger partial charge in [0.2, 0.25) is 5.91 Å². The second kappa shape index (κ2) is 10.7. The van der Waals surface area contributed by atoms with Crippen LogP contribution >= 0.6 is 12.4 Å². The van der Waals surface area contributed by atoms with Gasteiger partial charge in [-0.25, -0.2) is 0 Å². The second-order valence-electron chi connectivity index (χ2n) is 5.93. The van der Waals surface area contributed by atoms with Crippen molar-refractivity contribution in [3.63, 3.8) is 0 Å². The van der Waals surface area contributed by atoms with E-state index in [9.17, 15) is 9.90 Å². The Kier molecular flexibility index (Phi) is 8.06. The number of amides is 1. The summed E-state index contributed by atoms with van der Waals surface area (Å²) in [4.78, 5) is 16.1. The number of rotatable bonds is 7. The lowest BCUT2D eigenvalue weighted by Crippen LogP contribution is -2.07. The molecule has 6 nitrogen and oxygen atoms in total. The van der Waals surface area contributed by atoms with E-state index in [0.29, 0.717) is 29.4 Å². The summed E-state index contributed by atoms with van der Waals surface area (Å²) in [6.45, 7) is 0.417. The lowest BCUT2D eigenvalue weighted by Gasteiger charge is -2.08. The van der Waals surface area contributed by atoms with Gasteiger partial charge in [0, 0.05) is 30.2 Å². The first-order chi connectivity index (χ1) is 13.6. The van der Waals surface area contributed by atoms with E-state index in [1.165, 1.54) is 19.3 Å². The molecule has 0 saturated heterocycles. The van der Waals surface area contributed by atoms with Crippen LogP contribution in [0.5, 0.6) is 17.2 Å². The maximum atomic E-state index is 12.2. The Hall–Kier alpha value is -3.51. The number of nitrogens with zero attached hydrogens (tertiary/aromatic N) is 1. The third-order valence-corrected chi connectivity index (χ3v) is 3.89. The normalized spacial score (nSPS) is 10.2. The summed E-state index contributed by atoms with van der Waals surface area (Å²) in [6.07, 6.45) is 6.43. The third kappa shape index (κ3) is 6.55. The van der Waals surface area contributed by atoms with Crippen LogP contribution in [0.15, 0.2) is 73.1 Å². The maximum Gasteiger partial charge on any atom is 0.248 e. The number of anilines is 1. The molecule has 2 N–H and O–H groups in total. The highest BCUT2D eigenvalue weighted by molar-refractivity contribution is 6.02. The molecule has 1 heterocycles. The molecule has 0 aliphatic rings. The van der Waals surface area contributed by atoms with E-state index in [1.807, 2.05) is 24.3 Å². The number of pyridine rings is 1. The van der Waals surface area contributed by atoms with Gasteiger partial charge >= 0.3 is 0 Å². The minimum atomic E-state index is -0.290. The Morgan fingerprint density at radius 3 is 2.66 bits per heavy atom. The summed E-state index contributed by atoms with van der Waals surface area (Å²) >= 11 is 0. The number of phenolic OH excluding ortho intramolecular Hbond substituents is 1. The van der Waals surface area contributed by atoms with Crippen molar-refractivity contribution in [1.29, 1.82) is 0 Å². The predicted molar refractivity (Wildman–Crippen MR) is 115 cm³/mol. The Morgan fingerprint density at radius 1 is 1.14 bits per heavy atom. The van der Waals surface area contributed by atoms with Crippen molar-refractivity contribution >= 4 is 30.1 Å². The van der Waals surface area contributed by atoms with Crippen LogP contribution in [-0.4, -0.2) is 23.1 Å². The fourth-order valence-corrected chi connectivity index (χ4v) is 2.48. The molecule has 7 heteroatoms. The molecule has 3 aromatic rings. The topological polar surface area (TPSA) is 80.7 Å². The van der Waals surface area contributed by atoms with Crippen LogP contribution in [-0.2, 0) is 11.4 Å². The number of aromatic hydroxyl groups is 1. The van der Waals surface area contributed by atoms with Gasteiger partial charge in [-0.15, -0.1) is 12.4 Å². The molecule has 0 fully saturated rings. The summed E-state index contributed by atoms with van der Waals surface area (Å²) in [6, 6.07) is 15.8. The fraction of sp³-hybridized carbons (Fsp3) is 0.0909. The Morgan fingerprint density at radius 2 is 1.93 bits per heavy atom. The monoisotopic (exact) mass is 412 g/mol. The molecule has 0 bridgehead atoms. The summed E-state index contributed by atoms with van der Waals surface area (Å²) in [5.74, 6) is 0.759. The highest BCUT2D eigenvalue weighted by atomic mass is 35.5. The molecule has 0 aliphatic carbocycles. The van der Waals surface area contributed by atoms with Crippen molar-refractivity contribution in [2.45, 2.75) is 6.61 Å². The van der Waals surface area contributed by atoms with E-state index in [0.717, 1.165) is 5.56 Å². The minimum absolute atomic E-state index is 0. The van der Waals surface area contributed by atoms with Gasteiger partial charge in [0.15, 0.2) is 11.5 Å². The summed E-state index contributed by atoms with van der Waals surface area (Å²) in [7, 11) is 1.48. The van der Waals surface area contributed by atoms with Gasteiger partial charge in [-0.1, -0.05) is 12.1 Å². The molecule has 29 heavy (non-hydrogen) atoms. The molecule has 150 valence electrons. The smallest absolute Gasteiger partial charge is 0.248 e. The highest BCUT2D eigenvalue weighted by Gasteiger charge is 2.03. The Balaban J connectivity index is 0.00000300. The third-order valence-electron chi connectivity index (χ3n) is 3.89. The summed E-state index contributed by atoms with van der Waals surface area (Å²) in [5, 5.41) is 12.6. The van der Waals surface area contributed by atoms with Crippen molar-refractivity contribution in [2.24, 2.45) is 0 Å². The van der Waals surface area contributed by atoms with Crippen LogP contribution in [0.4, 0.5) is 5.69 Å². The number of nitrogens with one attached hydrogen (secondary N) is 1. The molecule has 0 aliphatic heterocycles. The van der Waals surface area contributed by atoms with E-state index in [2.05, 4.69) is 10.3 Å². The molecular formula is C22H21ClN2O4. The molecule has 0 atom stereocenters. The van der Waals surface area contributed by atoms with Crippen LogP contribution in [0, 0.1) is 0 Å². The number of aromatic nitrogens is 1. The lowest BCUT2D eigenvalue weighted by atomic mass is 10.2. The fourth-order valence-electron chi connectivity index (χ4n) is 2.48. The van der Waals surface area contributed by atoms with E-state index >= 15 is 0 Å². The van der Waals surface area contributed by atoms with E-state index in [1.54, 1.807) is 42.7 Å². The van der Waals surface area contributed by atoms with E-state index in [4.69, 9.17) is 9.47 Å². The molecule has 3 rings (SSSR count). The number of carbonyl (C=O) groups excluding carboxylic acids is 1. The van der Waals surface area contributed by atoms with Crippen molar-refractivity contribution in [3.8, 4) is 17.2 Å². The molecule has 0 saturated carbocycles. The van der Waals surface area contributed by atoms with Crippen LogP contribution in [0.3, 0.4) is 0 Å². The number of benzene rings is 2. The lowest BCUT2D eigenvalue weighted by molar-refractivity contribution is -0.111. The average Bonchev–Trinajstić information content (AvgIpc) is 2.72. The first kappa shape index (κ1) is 21.8. The van der Waals surface area contributed by atoms with Crippen molar-refractivity contribution in [2.75, 3.05) is 12.4 Å². The predicted octanol–water partition coefficient (Wildman–Crippen LogP) is 4.45. The molecule has 1 amide bonds. The number of phenols is 1. The van der Waals surface area contributed by atoms with E-state index in [-0.39, 0.29) is 24.1 Å². The van der Waals surface area contributed by atoms with Gasteiger partial charge in [0.05, 0.1) is 7.11 Å². The van der Waals surface area contributed by atoms with Crippen LogP contribution < -0.4 is 14.8 Å². The van der Waals surface area contributed by atoms with Crippen molar-refractivity contribution in [3.05, 3.63) is 84.2 Å². The highest BCUT2D eigenvalue weighted by Crippen LogP contribution is 2.26. The first-order valence-corrected chi connectivity index (χ1v) is 8.62. The minimum Gasteiger partial charge on any atom is -0.504 e. The largest absolute Gasteiger partial charge is 0.504 e. The second-order valence-corrected chi connectivity index (χ2v) is 5.93. The van der Waals surface area contributed by atoms with Gasteiger partial charge < -0.3 is 19.9 Å². The zero-order valence-corrected chi connectivity index (χ0v) is 16.6. The molecule has 0 radical (unpaired) electrons. The Labute approximate surface area is 175 Å². The summed E-state index contributed by atoms with van der Waals surface area (Å²) in [5.41, 5.74) is 2.32. The quantitative estimate of drug-likeness (QED) is 0.560. The standard InChI is InChI=1S/C22H20N2O4.ClH/c1-27-21-7-5-16(13-20(21)25)6-8-22(26)24-18-3-2-4-19(14-18)28-15-17-9-11-23-12-10-17;/h2-14,25H,15H2,1H3,(H,24,26);1H. The van der Waals surface area contributed by atoms with Gasteiger partial charge in [-0.2, -0.15) is 0 Å². The molecule has 2 aromatic carbocycles. The SMILES string of the molecule is COc1ccc(C=CC(=O)Nc2cccc(OCc3ccncc3)c2)cc1O.Cl.